The van der Waals surface area contributed by atoms with E-state index in [-0.39, 0.29) is 12.1 Å². The van der Waals surface area contributed by atoms with Crippen molar-refractivity contribution in [3.63, 3.8) is 0 Å². The summed E-state index contributed by atoms with van der Waals surface area (Å²) in [5.74, 6) is 0.418. The average Bonchev–Trinajstić information content (AvgIpc) is 2.15. The van der Waals surface area contributed by atoms with Crippen molar-refractivity contribution < 1.29 is 14.3 Å². The van der Waals surface area contributed by atoms with Crippen LogP contribution in [0.25, 0.3) is 0 Å². The number of carbonyl (C=O) groups is 2. The molecule has 0 aromatic carbocycles. The largest absolute Gasteiger partial charge is 0.444 e. The van der Waals surface area contributed by atoms with Gasteiger partial charge in [0.15, 0.2) is 0 Å². The van der Waals surface area contributed by atoms with Crippen molar-refractivity contribution in [3.05, 3.63) is 0 Å². The summed E-state index contributed by atoms with van der Waals surface area (Å²) in [4.78, 5) is 22.1. The zero-order valence-corrected chi connectivity index (χ0v) is 11.0. The van der Waals surface area contributed by atoms with Crippen LogP contribution in [0.15, 0.2) is 0 Å². The van der Waals surface area contributed by atoms with Crippen molar-refractivity contribution in [2.75, 3.05) is 0 Å². The van der Waals surface area contributed by atoms with E-state index in [2.05, 4.69) is 5.32 Å². The van der Waals surface area contributed by atoms with Crippen LogP contribution in [0, 0.1) is 5.92 Å². The molecule has 2 atom stereocenters. The molecule has 0 aliphatic heterocycles. The van der Waals surface area contributed by atoms with Gasteiger partial charge in [0, 0.05) is 12.5 Å². The van der Waals surface area contributed by atoms with E-state index in [1.807, 2.05) is 20.8 Å². The minimum Gasteiger partial charge on any atom is -0.444 e. The summed E-state index contributed by atoms with van der Waals surface area (Å²) in [7, 11) is 0. The van der Waals surface area contributed by atoms with E-state index >= 15 is 0 Å². The molecule has 0 saturated heterocycles. The monoisotopic (exact) mass is 241 g/mol. The number of nitrogens with one attached hydrogen (secondary N) is 1. The van der Waals surface area contributed by atoms with Gasteiger partial charge in [0.2, 0.25) is 0 Å². The van der Waals surface area contributed by atoms with E-state index in [1.54, 1.807) is 0 Å². The number of amides is 1. The normalized spacial score (nSPS) is 25.1. The van der Waals surface area contributed by atoms with Crippen molar-refractivity contribution in [2.24, 2.45) is 5.92 Å². The number of aldehydes is 1. The number of alkyl carbamates (subject to hydrolysis) is 1. The molecule has 0 radical (unpaired) electrons. The standard InChI is InChI=1S/C13H23NO3/c1-13(2,3)17-12(16)14-11-6-4-5-10(9-11)7-8-15/h8,10-11H,4-7,9H2,1-3H3,(H,14,16)/t10-,11+/m1/s1. The number of hydrogen-bond donors (Lipinski definition) is 1. The molecule has 1 rings (SSSR count). The minimum atomic E-state index is -0.457. The van der Waals surface area contributed by atoms with Gasteiger partial charge >= 0.3 is 6.09 Å². The zero-order valence-electron chi connectivity index (χ0n) is 11.0. The van der Waals surface area contributed by atoms with Crippen LogP contribution in [0.2, 0.25) is 0 Å². The van der Waals surface area contributed by atoms with Crippen LogP contribution in [0.3, 0.4) is 0 Å². The predicted molar refractivity (Wildman–Crippen MR) is 65.8 cm³/mol. The molecule has 0 aromatic heterocycles. The van der Waals surface area contributed by atoms with Gasteiger partial charge in [-0.25, -0.2) is 4.79 Å². The first-order chi connectivity index (χ1) is 7.90. The molecule has 0 heterocycles. The van der Waals surface area contributed by atoms with E-state index in [0.717, 1.165) is 32.0 Å². The smallest absolute Gasteiger partial charge is 0.407 e. The van der Waals surface area contributed by atoms with Gasteiger partial charge in [0.05, 0.1) is 0 Å². The van der Waals surface area contributed by atoms with Crippen molar-refractivity contribution in [2.45, 2.75) is 64.5 Å². The van der Waals surface area contributed by atoms with Crippen molar-refractivity contribution in [3.8, 4) is 0 Å². The first-order valence-electron chi connectivity index (χ1n) is 6.34. The van der Waals surface area contributed by atoms with E-state index in [1.165, 1.54) is 0 Å². The fourth-order valence-corrected chi connectivity index (χ4v) is 2.25. The Labute approximate surface area is 103 Å². The van der Waals surface area contributed by atoms with Crippen LogP contribution in [-0.4, -0.2) is 24.0 Å². The molecule has 4 heteroatoms. The fourth-order valence-electron chi connectivity index (χ4n) is 2.25. The number of rotatable bonds is 3. The summed E-state index contributed by atoms with van der Waals surface area (Å²) in [6.07, 6.45) is 5.25. The van der Waals surface area contributed by atoms with Gasteiger partial charge in [-0.3, -0.25) is 0 Å². The highest BCUT2D eigenvalue weighted by atomic mass is 16.6. The van der Waals surface area contributed by atoms with Gasteiger partial charge in [-0.15, -0.1) is 0 Å². The van der Waals surface area contributed by atoms with Gasteiger partial charge in [-0.2, -0.15) is 0 Å². The lowest BCUT2D eigenvalue weighted by Gasteiger charge is -2.29. The third-order valence-electron chi connectivity index (χ3n) is 2.93. The Balaban J connectivity index is 2.35. The van der Waals surface area contributed by atoms with Crippen molar-refractivity contribution >= 4 is 12.4 Å². The maximum absolute atomic E-state index is 11.6. The molecule has 98 valence electrons. The lowest BCUT2D eigenvalue weighted by atomic mass is 9.84. The molecule has 0 unspecified atom stereocenters. The summed E-state index contributed by atoms with van der Waals surface area (Å²) in [5, 5.41) is 2.89. The molecule has 1 amide bonds. The molecule has 1 N–H and O–H groups in total. The zero-order chi connectivity index (χ0) is 12.9. The maximum atomic E-state index is 11.6. The second-order valence-electron chi connectivity index (χ2n) is 5.78. The molecule has 1 aliphatic carbocycles. The first kappa shape index (κ1) is 14.0. The maximum Gasteiger partial charge on any atom is 0.407 e. The van der Waals surface area contributed by atoms with Crippen LogP contribution in [0.1, 0.15) is 52.9 Å². The Hall–Kier alpha value is -1.06. The van der Waals surface area contributed by atoms with Crippen LogP contribution in [-0.2, 0) is 9.53 Å². The van der Waals surface area contributed by atoms with Gasteiger partial charge in [0.25, 0.3) is 0 Å². The Kier molecular flexibility index (Phi) is 4.97. The number of hydrogen-bond acceptors (Lipinski definition) is 3. The Bertz CT molecular complexity index is 270. The molecule has 17 heavy (non-hydrogen) atoms. The van der Waals surface area contributed by atoms with Gasteiger partial charge in [-0.05, 0) is 46.0 Å². The number of carbonyl (C=O) groups excluding carboxylic acids is 2. The Morgan fingerprint density at radius 2 is 2.12 bits per heavy atom. The first-order valence-corrected chi connectivity index (χ1v) is 6.34. The Morgan fingerprint density at radius 1 is 1.41 bits per heavy atom. The molecular formula is C13H23NO3. The molecule has 0 bridgehead atoms. The summed E-state index contributed by atoms with van der Waals surface area (Å²) in [6, 6.07) is 0.156. The van der Waals surface area contributed by atoms with E-state index in [4.69, 9.17) is 4.74 Å². The summed E-state index contributed by atoms with van der Waals surface area (Å²) in [6.45, 7) is 5.55. The van der Waals surface area contributed by atoms with E-state index in [9.17, 15) is 9.59 Å². The highest BCUT2D eigenvalue weighted by Crippen LogP contribution is 2.26. The molecule has 1 aliphatic rings. The predicted octanol–water partition coefficient (Wildman–Crippen LogP) is 2.66. The topological polar surface area (TPSA) is 55.4 Å². The quantitative estimate of drug-likeness (QED) is 0.773. The second kappa shape index (κ2) is 6.03. The highest BCUT2D eigenvalue weighted by molar-refractivity contribution is 5.68. The van der Waals surface area contributed by atoms with Crippen LogP contribution in [0.5, 0.6) is 0 Å². The lowest BCUT2D eigenvalue weighted by Crippen LogP contribution is -2.41. The van der Waals surface area contributed by atoms with Crippen molar-refractivity contribution in [1.82, 2.24) is 5.32 Å². The molecule has 1 fully saturated rings. The molecule has 1 saturated carbocycles. The van der Waals surface area contributed by atoms with E-state index in [0.29, 0.717) is 12.3 Å². The summed E-state index contributed by atoms with van der Waals surface area (Å²) in [5.41, 5.74) is -0.457. The summed E-state index contributed by atoms with van der Waals surface area (Å²) < 4.78 is 5.22. The van der Waals surface area contributed by atoms with Crippen LogP contribution < -0.4 is 5.32 Å². The Morgan fingerprint density at radius 3 is 2.71 bits per heavy atom. The van der Waals surface area contributed by atoms with Gasteiger partial charge in [0.1, 0.15) is 11.9 Å². The van der Waals surface area contributed by atoms with Crippen molar-refractivity contribution in [1.29, 1.82) is 0 Å². The molecule has 0 aromatic rings. The third kappa shape index (κ3) is 5.71. The minimum absolute atomic E-state index is 0.156. The molecule has 4 nitrogen and oxygen atoms in total. The second-order valence-corrected chi connectivity index (χ2v) is 5.78. The van der Waals surface area contributed by atoms with Crippen LogP contribution >= 0.6 is 0 Å². The van der Waals surface area contributed by atoms with Gasteiger partial charge < -0.3 is 14.8 Å². The van der Waals surface area contributed by atoms with Crippen LogP contribution in [0.4, 0.5) is 4.79 Å². The fraction of sp³-hybridized carbons (Fsp3) is 0.846. The highest BCUT2D eigenvalue weighted by Gasteiger charge is 2.25. The average molecular weight is 241 g/mol. The number of ether oxygens (including phenoxy) is 1. The lowest BCUT2D eigenvalue weighted by molar-refractivity contribution is -0.108. The molecular weight excluding hydrogens is 218 g/mol. The SMILES string of the molecule is CC(C)(C)OC(=O)N[C@H]1CCC[C@H](CC=O)C1. The van der Waals surface area contributed by atoms with E-state index < -0.39 is 5.60 Å². The molecule has 0 spiro atoms. The third-order valence-corrected chi connectivity index (χ3v) is 2.93. The summed E-state index contributed by atoms with van der Waals surface area (Å²) >= 11 is 0. The van der Waals surface area contributed by atoms with Gasteiger partial charge in [-0.1, -0.05) is 6.42 Å².